The van der Waals surface area contributed by atoms with E-state index in [1.165, 1.54) is 0 Å². The zero-order valence-corrected chi connectivity index (χ0v) is 15.1. The van der Waals surface area contributed by atoms with Gasteiger partial charge in [0.25, 0.3) is 10.0 Å². The monoisotopic (exact) mass is 345 g/mol. The lowest BCUT2D eigenvalue weighted by molar-refractivity contribution is 0.00990. The van der Waals surface area contributed by atoms with Crippen LogP contribution < -0.4 is 4.89 Å². The smallest absolute Gasteiger partial charge is 0.262 e. The number of rotatable bonds is 11. The molecule has 7 heteroatoms. The van der Waals surface area contributed by atoms with E-state index in [0.29, 0.717) is 13.2 Å². The van der Waals surface area contributed by atoms with Gasteiger partial charge in [-0.2, -0.15) is 0 Å². The molecule has 1 aromatic carbocycles. The van der Waals surface area contributed by atoms with Gasteiger partial charge < -0.3 is 9.47 Å². The Balaban J connectivity index is 2.50. The van der Waals surface area contributed by atoms with Gasteiger partial charge in [0.15, 0.2) is 0 Å². The topological polar surface area (TPSA) is 73.9 Å². The molecule has 1 aromatic rings. The first-order valence-corrected chi connectivity index (χ1v) is 9.12. The molecule has 0 aliphatic carbocycles. The molecule has 23 heavy (non-hydrogen) atoms. The molecule has 0 saturated heterocycles. The van der Waals surface area contributed by atoms with Crippen molar-refractivity contribution in [2.24, 2.45) is 0 Å². The van der Waals surface area contributed by atoms with Crippen LogP contribution in [0, 0.1) is 0 Å². The first-order valence-electron chi connectivity index (χ1n) is 7.64. The highest BCUT2D eigenvalue weighted by atomic mass is 32.2. The van der Waals surface area contributed by atoms with E-state index in [9.17, 15) is 8.42 Å². The van der Waals surface area contributed by atoms with Crippen LogP contribution >= 0.6 is 0 Å². The number of benzene rings is 1. The van der Waals surface area contributed by atoms with E-state index in [0.717, 1.165) is 12.0 Å². The standard InChI is InChI=1S/C16H27NO5S/c1-5-16(2,3)14-6-8-15(9-7-14)23(18,19)17-22-13-12-21-11-10-20-4/h6-9,17H,5,10-13H2,1-4H3. The second kappa shape index (κ2) is 9.34. The van der Waals surface area contributed by atoms with E-state index in [-0.39, 0.29) is 23.5 Å². The normalized spacial score (nSPS) is 12.5. The highest BCUT2D eigenvalue weighted by Gasteiger charge is 2.20. The van der Waals surface area contributed by atoms with Gasteiger partial charge in [0.1, 0.15) is 0 Å². The van der Waals surface area contributed by atoms with Crippen LogP contribution in [0.25, 0.3) is 0 Å². The molecule has 0 fully saturated rings. The summed E-state index contributed by atoms with van der Waals surface area (Å²) in [6.45, 7) is 7.71. The molecule has 132 valence electrons. The predicted molar refractivity (Wildman–Crippen MR) is 88.7 cm³/mol. The van der Waals surface area contributed by atoms with Crippen LogP contribution in [0.1, 0.15) is 32.8 Å². The Hall–Kier alpha value is -0.990. The molecule has 0 aliphatic rings. The maximum absolute atomic E-state index is 12.1. The van der Waals surface area contributed by atoms with E-state index in [1.807, 2.05) is 12.1 Å². The van der Waals surface area contributed by atoms with E-state index in [4.69, 9.17) is 14.3 Å². The molecule has 0 aliphatic heterocycles. The average molecular weight is 345 g/mol. The predicted octanol–water partition coefficient (Wildman–Crippen LogP) is 2.25. The summed E-state index contributed by atoms with van der Waals surface area (Å²) >= 11 is 0. The molecule has 0 atom stereocenters. The average Bonchev–Trinajstić information content (AvgIpc) is 2.54. The van der Waals surface area contributed by atoms with Crippen molar-refractivity contribution < 1.29 is 22.7 Å². The second-order valence-electron chi connectivity index (χ2n) is 5.80. The quantitative estimate of drug-likeness (QED) is 0.492. The van der Waals surface area contributed by atoms with E-state index < -0.39 is 10.0 Å². The molecule has 0 spiro atoms. The fourth-order valence-corrected chi connectivity index (χ4v) is 2.63. The fourth-order valence-electron chi connectivity index (χ4n) is 1.80. The van der Waals surface area contributed by atoms with E-state index in [2.05, 4.69) is 25.7 Å². The van der Waals surface area contributed by atoms with Crippen LogP contribution in [0.4, 0.5) is 0 Å². The fraction of sp³-hybridized carbons (Fsp3) is 0.625. The Morgan fingerprint density at radius 1 is 1.04 bits per heavy atom. The number of sulfonamides is 1. The van der Waals surface area contributed by atoms with Gasteiger partial charge in [-0.25, -0.2) is 8.42 Å². The van der Waals surface area contributed by atoms with Gasteiger partial charge >= 0.3 is 0 Å². The van der Waals surface area contributed by atoms with Crippen molar-refractivity contribution in [1.82, 2.24) is 4.89 Å². The Morgan fingerprint density at radius 3 is 2.22 bits per heavy atom. The Bertz CT molecular complexity index is 554. The lowest BCUT2D eigenvalue weighted by atomic mass is 9.82. The summed E-state index contributed by atoms with van der Waals surface area (Å²) < 4.78 is 34.2. The SMILES string of the molecule is CCC(C)(C)c1ccc(S(=O)(=O)NOCCOCCOC)cc1. The van der Waals surface area contributed by atoms with E-state index in [1.54, 1.807) is 19.2 Å². The number of hydrogen-bond donors (Lipinski definition) is 1. The maximum Gasteiger partial charge on any atom is 0.262 e. The van der Waals surface area contributed by atoms with Gasteiger partial charge in [-0.1, -0.05) is 37.8 Å². The molecule has 6 nitrogen and oxygen atoms in total. The Morgan fingerprint density at radius 2 is 1.65 bits per heavy atom. The van der Waals surface area contributed by atoms with Crippen molar-refractivity contribution in [3.8, 4) is 0 Å². The molecule has 0 amide bonds. The van der Waals surface area contributed by atoms with Gasteiger partial charge in [-0.3, -0.25) is 4.84 Å². The summed E-state index contributed by atoms with van der Waals surface area (Å²) in [6.07, 6.45) is 0.976. The van der Waals surface area contributed by atoms with Crippen LogP contribution in [0.5, 0.6) is 0 Å². The van der Waals surface area contributed by atoms with Gasteiger partial charge in [0, 0.05) is 7.11 Å². The lowest BCUT2D eigenvalue weighted by Crippen LogP contribution is -2.26. The minimum Gasteiger partial charge on any atom is -0.382 e. The largest absolute Gasteiger partial charge is 0.382 e. The van der Waals surface area contributed by atoms with Gasteiger partial charge in [0.05, 0.1) is 31.3 Å². The van der Waals surface area contributed by atoms with E-state index >= 15 is 0 Å². The third-order valence-electron chi connectivity index (χ3n) is 3.76. The molecular formula is C16H27NO5S. The number of ether oxygens (including phenoxy) is 2. The van der Waals surface area contributed by atoms with Crippen LogP contribution in [0.15, 0.2) is 29.2 Å². The van der Waals surface area contributed by atoms with Crippen molar-refractivity contribution in [1.29, 1.82) is 0 Å². The first-order chi connectivity index (χ1) is 10.8. The summed E-state index contributed by atoms with van der Waals surface area (Å²) in [5.74, 6) is 0. The molecule has 1 rings (SSSR count). The molecule has 0 unspecified atom stereocenters. The van der Waals surface area contributed by atoms with Crippen molar-refractivity contribution in [3.63, 3.8) is 0 Å². The van der Waals surface area contributed by atoms with Crippen molar-refractivity contribution >= 4 is 10.0 Å². The molecule has 0 saturated carbocycles. The van der Waals surface area contributed by atoms with Crippen LogP contribution in [-0.2, 0) is 29.7 Å². The second-order valence-corrected chi connectivity index (χ2v) is 7.45. The third kappa shape index (κ3) is 6.56. The number of methoxy groups -OCH3 is 1. The van der Waals surface area contributed by atoms with Crippen LogP contribution in [0.3, 0.4) is 0 Å². The van der Waals surface area contributed by atoms with Crippen molar-refractivity contribution in [2.45, 2.75) is 37.5 Å². The highest BCUT2D eigenvalue weighted by molar-refractivity contribution is 7.89. The zero-order valence-electron chi connectivity index (χ0n) is 14.3. The summed E-state index contributed by atoms with van der Waals surface area (Å²) in [5, 5.41) is 0. The van der Waals surface area contributed by atoms with Crippen LogP contribution in [-0.4, -0.2) is 42.0 Å². The minimum absolute atomic E-state index is 0.0196. The Kier molecular flexibility index (Phi) is 8.15. The number of hydrogen-bond acceptors (Lipinski definition) is 5. The van der Waals surface area contributed by atoms with Crippen molar-refractivity contribution in [2.75, 3.05) is 33.5 Å². The maximum atomic E-state index is 12.1. The summed E-state index contributed by atoms with van der Waals surface area (Å²) in [7, 11) is -2.09. The first kappa shape index (κ1) is 20.1. The number of nitrogens with one attached hydrogen (secondary N) is 1. The third-order valence-corrected chi connectivity index (χ3v) is 4.99. The highest BCUT2D eigenvalue weighted by Crippen LogP contribution is 2.27. The molecule has 0 bridgehead atoms. The van der Waals surface area contributed by atoms with Gasteiger partial charge in [-0.15, -0.1) is 0 Å². The summed E-state index contributed by atoms with van der Waals surface area (Å²) in [6, 6.07) is 6.86. The summed E-state index contributed by atoms with van der Waals surface area (Å²) in [5.41, 5.74) is 1.12. The summed E-state index contributed by atoms with van der Waals surface area (Å²) in [4.78, 5) is 7.22. The Labute approximate surface area is 139 Å². The van der Waals surface area contributed by atoms with Gasteiger partial charge in [0.2, 0.25) is 0 Å². The molecule has 0 heterocycles. The minimum atomic E-state index is -3.68. The molecule has 0 radical (unpaired) electrons. The lowest BCUT2D eigenvalue weighted by Gasteiger charge is -2.23. The van der Waals surface area contributed by atoms with Crippen molar-refractivity contribution in [3.05, 3.63) is 29.8 Å². The molecule has 1 N–H and O–H groups in total. The van der Waals surface area contributed by atoms with Gasteiger partial charge in [-0.05, 0) is 29.5 Å². The zero-order chi connectivity index (χ0) is 17.3. The molecule has 0 aromatic heterocycles. The van der Waals surface area contributed by atoms with Crippen LogP contribution in [0.2, 0.25) is 0 Å². The molecular weight excluding hydrogens is 318 g/mol.